The second-order valence-electron chi connectivity index (χ2n) is 3.78. The van der Waals surface area contributed by atoms with Gasteiger partial charge in [-0.1, -0.05) is 13.0 Å². The van der Waals surface area contributed by atoms with Gasteiger partial charge < -0.3 is 9.84 Å². The lowest BCUT2D eigenvalue weighted by molar-refractivity contribution is -0.147. The van der Waals surface area contributed by atoms with Crippen molar-refractivity contribution in [3.05, 3.63) is 12.2 Å². The largest absolute Gasteiger partial charge is 0.462 e. The predicted molar refractivity (Wildman–Crippen MR) is 60.9 cm³/mol. The number of esters is 1. The maximum Gasteiger partial charge on any atom is 0.302 e. The molecule has 0 radical (unpaired) electrons. The molecule has 0 aromatic heterocycles. The highest BCUT2D eigenvalue weighted by Crippen LogP contribution is 2.11. The van der Waals surface area contributed by atoms with Gasteiger partial charge in [0.15, 0.2) is 5.78 Å². The molecule has 0 aliphatic rings. The molecule has 0 saturated carbocycles. The summed E-state index contributed by atoms with van der Waals surface area (Å²) in [4.78, 5) is 21.5. The molecule has 0 amide bonds. The third-order valence-corrected chi connectivity index (χ3v) is 2.09. The minimum Gasteiger partial charge on any atom is -0.462 e. The van der Waals surface area contributed by atoms with E-state index in [2.05, 4.69) is 0 Å². The Morgan fingerprint density at radius 1 is 1.38 bits per heavy atom. The molecule has 1 N–H and O–H groups in total. The molecule has 0 bridgehead atoms. The Morgan fingerprint density at radius 2 is 2.00 bits per heavy atom. The first kappa shape index (κ1) is 14.8. The number of carbonyl (C=O) groups excluding carboxylic acids is 2. The van der Waals surface area contributed by atoms with E-state index in [0.29, 0.717) is 19.3 Å². The van der Waals surface area contributed by atoms with Crippen molar-refractivity contribution in [1.29, 1.82) is 0 Å². The van der Waals surface area contributed by atoms with Crippen molar-refractivity contribution in [1.82, 2.24) is 0 Å². The molecule has 92 valence electrons. The first-order chi connectivity index (χ1) is 7.45. The number of aliphatic hydroxyl groups is 1. The maximum absolute atomic E-state index is 10.8. The lowest BCUT2D eigenvalue weighted by Gasteiger charge is -2.18. The van der Waals surface area contributed by atoms with E-state index in [1.807, 2.05) is 6.92 Å². The molecule has 4 nitrogen and oxygen atoms in total. The molecule has 2 atom stereocenters. The van der Waals surface area contributed by atoms with Gasteiger partial charge >= 0.3 is 5.97 Å². The van der Waals surface area contributed by atoms with E-state index in [9.17, 15) is 14.7 Å². The number of ketones is 1. The van der Waals surface area contributed by atoms with Crippen LogP contribution in [0.4, 0.5) is 0 Å². The van der Waals surface area contributed by atoms with E-state index in [4.69, 9.17) is 4.74 Å². The van der Waals surface area contributed by atoms with Crippen LogP contribution in [0.3, 0.4) is 0 Å². The monoisotopic (exact) mass is 228 g/mol. The fraction of sp³-hybridized carbons (Fsp3) is 0.667. The fourth-order valence-corrected chi connectivity index (χ4v) is 1.28. The Bertz CT molecular complexity index is 258. The minimum absolute atomic E-state index is 0.0439. The SMILES string of the molecule is CCC(O)CC(C/C=C/C(C)=O)OC(C)=O. The van der Waals surface area contributed by atoms with Gasteiger partial charge in [0.2, 0.25) is 0 Å². The average molecular weight is 228 g/mol. The summed E-state index contributed by atoms with van der Waals surface area (Å²) >= 11 is 0. The number of rotatable bonds is 7. The quantitative estimate of drug-likeness (QED) is 0.531. The molecule has 4 heteroatoms. The summed E-state index contributed by atoms with van der Waals surface area (Å²) < 4.78 is 5.04. The Kier molecular flexibility index (Phi) is 7.46. The van der Waals surface area contributed by atoms with Crippen LogP contribution in [0.5, 0.6) is 0 Å². The maximum atomic E-state index is 10.8. The van der Waals surface area contributed by atoms with Gasteiger partial charge in [0.25, 0.3) is 0 Å². The van der Waals surface area contributed by atoms with Crippen molar-refractivity contribution in [2.24, 2.45) is 0 Å². The second-order valence-corrected chi connectivity index (χ2v) is 3.78. The first-order valence-corrected chi connectivity index (χ1v) is 5.48. The van der Waals surface area contributed by atoms with Gasteiger partial charge in [-0.05, 0) is 19.4 Å². The van der Waals surface area contributed by atoms with Crippen LogP contribution in [0.1, 0.15) is 40.0 Å². The summed E-state index contributed by atoms with van der Waals surface area (Å²) in [6, 6.07) is 0. The first-order valence-electron chi connectivity index (χ1n) is 5.48. The third-order valence-electron chi connectivity index (χ3n) is 2.09. The highest BCUT2D eigenvalue weighted by atomic mass is 16.5. The molecule has 0 heterocycles. The van der Waals surface area contributed by atoms with Gasteiger partial charge in [-0.15, -0.1) is 0 Å². The Morgan fingerprint density at radius 3 is 2.44 bits per heavy atom. The second kappa shape index (κ2) is 8.05. The van der Waals surface area contributed by atoms with Gasteiger partial charge in [0.05, 0.1) is 6.10 Å². The van der Waals surface area contributed by atoms with Crippen LogP contribution in [0.25, 0.3) is 0 Å². The van der Waals surface area contributed by atoms with E-state index < -0.39 is 6.10 Å². The zero-order valence-electron chi connectivity index (χ0n) is 10.1. The highest BCUT2D eigenvalue weighted by Gasteiger charge is 2.14. The van der Waals surface area contributed by atoms with Crippen LogP contribution in [-0.2, 0) is 14.3 Å². The number of ether oxygens (including phenoxy) is 1. The molecule has 0 aliphatic carbocycles. The summed E-state index contributed by atoms with van der Waals surface area (Å²) in [7, 11) is 0. The highest BCUT2D eigenvalue weighted by molar-refractivity contribution is 5.87. The summed E-state index contributed by atoms with van der Waals surface area (Å²) in [5.74, 6) is -0.415. The van der Waals surface area contributed by atoms with Crippen molar-refractivity contribution in [2.75, 3.05) is 0 Å². The molecule has 0 aromatic rings. The molecule has 0 aliphatic heterocycles. The Labute approximate surface area is 96.3 Å². The molecular formula is C12H20O4. The summed E-state index contributed by atoms with van der Waals surface area (Å²) in [6.45, 7) is 4.65. The number of carbonyl (C=O) groups is 2. The van der Waals surface area contributed by atoms with E-state index in [-0.39, 0.29) is 17.9 Å². The molecule has 0 fully saturated rings. The van der Waals surface area contributed by atoms with Gasteiger partial charge in [0, 0.05) is 19.8 Å². The van der Waals surface area contributed by atoms with Gasteiger partial charge in [-0.3, -0.25) is 9.59 Å². The zero-order valence-corrected chi connectivity index (χ0v) is 10.1. The van der Waals surface area contributed by atoms with Crippen LogP contribution in [-0.4, -0.2) is 29.1 Å². The molecular weight excluding hydrogens is 208 g/mol. The van der Waals surface area contributed by atoms with Crippen LogP contribution in [0.15, 0.2) is 12.2 Å². The molecule has 16 heavy (non-hydrogen) atoms. The lowest BCUT2D eigenvalue weighted by Crippen LogP contribution is -2.22. The summed E-state index contributed by atoms with van der Waals surface area (Å²) in [6.07, 6.45) is 3.74. The van der Waals surface area contributed by atoms with Crippen LogP contribution < -0.4 is 0 Å². The van der Waals surface area contributed by atoms with Crippen LogP contribution >= 0.6 is 0 Å². The topological polar surface area (TPSA) is 63.6 Å². The summed E-state index contributed by atoms with van der Waals surface area (Å²) in [5, 5.41) is 9.47. The standard InChI is InChI=1S/C12H20O4/c1-4-11(15)8-12(16-10(3)14)7-5-6-9(2)13/h5-6,11-12,15H,4,7-8H2,1-3H3/b6-5+. The fourth-order valence-electron chi connectivity index (χ4n) is 1.28. The average Bonchev–Trinajstić information content (AvgIpc) is 2.15. The predicted octanol–water partition coefficient (Wildman–Crippen LogP) is 1.61. The van der Waals surface area contributed by atoms with Crippen molar-refractivity contribution in [3.8, 4) is 0 Å². The Balaban J connectivity index is 4.19. The summed E-state index contributed by atoms with van der Waals surface area (Å²) in [5.41, 5.74) is 0. The van der Waals surface area contributed by atoms with E-state index in [1.165, 1.54) is 19.9 Å². The smallest absolute Gasteiger partial charge is 0.302 e. The van der Waals surface area contributed by atoms with Crippen molar-refractivity contribution in [2.45, 2.75) is 52.2 Å². The zero-order chi connectivity index (χ0) is 12.6. The van der Waals surface area contributed by atoms with E-state index in [0.717, 1.165) is 0 Å². The van der Waals surface area contributed by atoms with Crippen LogP contribution in [0.2, 0.25) is 0 Å². The molecule has 0 spiro atoms. The van der Waals surface area contributed by atoms with Gasteiger partial charge in [0.1, 0.15) is 6.10 Å². The lowest BCUT2D eigenvalue weighted by atomic mass is 10.1. The number of hydrogen-bond donors (Lipinski definition) is 1. The van der Waals surface area contributed by atoms with Gasteiger partial charge in [-0.2, -0.15) is 0 Å². The van der Waals surface area contributed by atoms with Crippen LogP contribution in [0, 0.1) is 0 Å². The number of allylic oxidation sites excluding steroid dienone is 1. The number of aliphatic hydroxyl groups excluding tert-OH is 1. The van der Waals surface area contributed by atoms with Crippen molar-refractivity contribution < 1.29 is 19.4 Å². The van der Waals surface area contributed by atoms with Crippen molar-refractivity contribution >= 4 is 11.8 Å². The third kappa shape index (κ3) is 8.17. The van der Waals surface area contributed by atoms with Crippen molar-refractivity contribution in [3.63, 3.8) is 0 Å². The minimum atomic E-state index is -0.477. The molecule has 0 saturated heterocycles. The van der Waals surface area contributed by atoms with E-state index >= 15 is 0 Å². The molecule has 0 aromatic carbocycles. The normalized spacial score (nSPS) is 14.8. The van der Waals surface area contributed by atoms with Gasteiger partial charge in [-0.25, -0.2) is 0 Å². The number of hydrogen-bond acceptors (Lipinski definition) is 4. The molecule has 0 rings (SSSR count). The Hall–Kier alpha value is -1.16. The molecule has 2 unspecified atom stereocenters. The van der Waals surface area contributed by atoms with E-state index in [1.54, 1.807) is 6.08 Å².